The van der Waals surface area contributed by atoms with Crippen LogP contribution in [0.5, 0.6) is 0 Å². The predicted molar refractivity (Wildman–Crippen MR) is 64.6 cm³/mol. The van der Waals surface area contributed by atoms with Gasteiger partial charge >= 0.3 is 0 Å². The number of nitrogens with two attached hydrogens (primary N) is 1. The summed E-state index contributed by atoms with van der Waals surface area (Å²) in [7, 11) is 0. The second-order valence-corrected chi connectivity index (χ2v) is 5.03. The number of carbonyl (C=O) groups is 1. The van der Waals surface area contributed by atoms with E-state index in [0.717, 1.165) is 5.01 Å². The van der Waals surface area contributed by atoms with Crippen molar-refractivity contribution in [3.05, 3.63) is 38.6 Å². The second-order valence-electron chi connectivity index (χ2n) is 3.29. The van der Waals surface area contributed by atoms with E-state index < -0.39 is 0 Å². The van der Waals surface area contributed by atoms with Gasteiger partial charge in [-0.05, 0) is 28.9 Å². The fraction of sp³-hybridized carbons (Fsp3) is 0.200. The van der Waals surface area contributed by atoms with Crippen LogP contribution in [0.3, 0.4) is 0 Å². The molecule has 0 saturated carbocycles. The minimum absolute atomic E-state index is 0.161. The first-order valence-electron chi connectivity index (χ1n) is 4.58. The van der Waals surface area contributed by atoms with E-state index in [1.807, 2.05) is 6.92 Å². The molecule has 2 N–H and O–H groups in total. The quantitative estimate of drug-likeness (QED) is 0.885. The maximum Gasteiger partial charge on any atom is 0.248 e. The SMILES string of the molecule is CC(N)c1nc(C(=O)c2occc2Br)cs1. The number of rotatable bonds is 3. The lowest BCUT2D eigenvalue weighted by atomic mass is 10.2. The first kappa shape index (κ1) is 11.5. The van der Waals surface area contributed by atoms with Crippen LogP contribution in [0.15, 0.2) is 26.6 Å². The average molecular weight is 301 g/mol. The van der Waals surface area contributed by atoms with Crippen molar-refractivity contribution in [2.45, 2.75) is 13.0 Å². The van der Waals surface area contributed by atoms with Gasteiger partial charge in [-0.2, -0.15) is 0 Å². The van der Waals surface area contributed by atoms with Crippen molar-refractivity contribution in [2.75, 3.05) is 0 Å². The normalized spacial score (nSPS) is 12.7. The van der Waals surface area contributed by atoms with Gasteiger partial charge in [-0.1, -0.05) is 0 Å². The monoisotopic (exact) mass is 300 g/mol. The molecule has 0 saturated heterocycles. The van der Waals surface area contributed by atoms with Gasteiger partial charge in [0.05, 0.1) is 16.8 Å². The Hall–Kier alpha value is -0.980. The molecule has 2 rings (SSSR count). The topological polar surface area (TPSA) is 69.1 Å². The van der Waals surface area contributed by atoms with Crippen molar-refractivity contribution in [3.8, 4) is 0 Å². The molecule has 0 spiro atoms. The zero-order chi connectivity index (χ0) is 11.7. The summed E-state index contributed by atoms with van der Waals surface area (Å²) in [5.41, 5.74) is 6.05. The first-order chi connectivity index (χ1) is 7.59. The lowest BCUT2D eigenvalue weighted by Crippen LogP contribution is -2.06. The fourth-order valence-corrected chi connectivity index (χ4v) is 2.31. The van der Waals surface area contributed by atoms with Crippen LogP contribution in [-0.4, -0.2) is 10.8 Å². The van der Waals surface area contributed by atoms with Gasteiger partial charge in [-0.25, -0.2) is 4.98 Å². The van der Waals surface area contributed by atoms with Crippen LogP contribution in [0, 0.1) is 0 Å². The van der Waals surface area contributed by atoms with E-state index in [1.165, 1.54) is 17.6 Å². The van der Waals surface area contributed by atoms with Crippen molar-refractivity contribution in [1.29, 1.82) is 0 Å². The lowest BCUT2D eigenvalue weighted by Gasteiger charge is -1.97. The van der Waals surface area contributed by atoms with E-state index in [1.54, 1.807) is 11.4 Å². The Bertz CT molecular complexity index is 518. The standard InChI is InChI=1S/C10H9BrN2O2S/c1-5(12)10-13-7(4-16-10)8(14)9-6(11)2-3-15-9/h2-5H,12H2,1H3. The van der Waals surface area contributed by atoms with E-state index >= 15 is 0 Å². The number of nitrogens with zero attached hydrogens (tertiary/aromatic N) is 1. The molecule has 0 aliphatic carbocycles. The molecule has 6 heteroatoms. The van der Waals surface area contributed by atoms with Crippen LogP contribution in [-0.2, 0) is 0 Å². The largest absolute Gasteiger partial charge is 0.460 e. The van der Waals surface area contributed by atoms with E-state index in [0.29, 0.717) is 10.2 Å². The number of carbonyl (C=O) groups excluding carboxylic acids is 1. The van der Waals surface area contributed by atoms with Gasteiger partial charge in [0.2, 0.25) is 5.78 Å². The van der Waals surface area contributed by atoms with Gasteiger partial charge in [-0.15, -0.1) is 11.3 Å². The first-order valence-corrected chi connectivity index (χ1v) is 6.25. The molecule has 2 aromatic rings. The molecule has 1 atom stereocenters. The summed E-state index contributed by atoms with van der Waals surface area (Å²) in [6, 6.07) is 1.51. The number of halogens is 1. The van der Waals surface area contributed by atoms with Crippen molar-refractivity contribution in [3.63, 3.8) is 0 Å². The van der Waals surface area contributed by atoms with Crippen LogP contribution < -0.4 is 5.73 Å². The third-order valence-corrected chi connectivity index (χ3v) is 3.64. The van der Waals surface area contributed by atoms with E-state index in [4.69, 9.17) is 10.2 Å². The number of thiazole rings is 1. The highest BCUT2D eigenvalue weighted by Crippen LogP contribution is 2.23. The van der Waals surface area contributed by atoms with Crippen LogP contribution in [0.4, 0.5) is 0 Å². The molecular formula is C10H9BrN2O2S. The highest BCUT2D eigenvalue weighted by atomic mass is 79.9. The molecule has 0 radical (unpaired) electrons. The Morgan fingerprint density at radius 3 is 2.94 bits per heavy atom. The number of ketones is 1. The molecule has 84 valence electrons. The van der Waals surface area contributed by atoms with Gasteiger partial charge in [0.25, 0.3) is 0 Å². The smallest absolute Gasteiger partial charge is 0.248 e. The van der Waals surface area contributed by atoms with E-state index in [9.17, 15) is 4.79 Å². The summed E-state index contributed by atoms with van der Waals surface area (Å²) < 4.78 is 5.72. The lowest BCUT2D eigenvalue weighted by molar-refractivity contribution is 0.100. The number of aromatic nitrogens is 1. The highest BCUT2D eigenvalue weighted by molar-refractivity contribution is 9.10. The fourth-order valence-electron chi connectivity index (χ4n) is 1.17. The molecule has 2 aromatic heterocycles. The number of furan rings is 1. The zero-order valence-electron chi connectivity index (χ0n) is 8.44. The summed E-state index contributed by atoms with van der Waals surface area (Å²) in [5, 5.41) is 2.43. The summed E-state index contributed by atoms with van der Waals surface area (Å²) in [6.07, 6.45) is 1.45. The summed E-state index contributed by atoms with van der Waals surface area (Å²) in [6.45, 7) is 1.83. The van der Waals surface area contributed by atoms with Gasteiger partial charge in [0, 0.05) is 5.38 Å². The molecule has 2 heterocycles. The molecule has 0 amide bonds. The molecule has 1 unspecified atom stereocenters. The Morgan fingerprint density at radius 1 is 1.69 bits per heavy atom. The van der Waals surface area contributed by atoms with Crippen molar-refractivity contribution in [1.82, 2.24) is 4.98 Å². The van der Waals surface area contributed by atoms with Crippen molar-refractivity contribution >= 4 is 33.0 Å². The van der Waals surface area contributed by atoms with Gasteiger partial charge < -0.3 is 10.2 Å². The van der Waals surface area contributed by atoms with Crippen LogP contribution in [0.25, 0.3) is 0 Å². The van der Waals surface area contributed by atoms with Crippen LogP contribution >= 0.6 is 27.3 Å². The molecule has 0 bridgehead atoms. The number of hydrogen-bond acceptors (Lipinski definition) is 5. The second kappa shape index (κ2) is 4.48. The molecular weight excluding hydrogens is 292 g/mol. The minimum Gasteiger partial charge on any atom is -0.460 e. The molecule has 4 nitrogen and oxygen atoms in total. The Balaban J connectivity index is 2.31. The number of hydrogen-bond donors (Lipinski definition) is 1. The maximum absolute atomic E-state index is 11.9. The van der Waals surface area contributed by atoms with Crippen molar-refractivity contribution < 1.29 is 9.21 Å². The van der Waals surface area contributed by atoms with Gasteiger partial charge in [0.1, 0.15) is 10.7 Å². The Morgan fingerprint density at radius 2 is 2.44 bits per heavy atom. The van der Waals surface area contributed by atoms with Crippen LogP contribution in [0.2, 0.25) is 0 Å². The molecule has 16 heavy (non-hydrogen) atoms. The maximum atomic E-state index is 11.9. The summed E-state index contributed by atoms with van der Waals surface area (Å²) in [4.78, 5) is 16.1. The summed E-state index contributed by atoms with van der Waals surface area (Å²) >= 11 is 4.61. The molecule has 0 aliphatic heterocycles. The third-order valence-electron chi connectivity index (χ3n) is 1.97. The molecule has 0 aliphatic rings. The van der Waals surface area contributed by atoms with Gasteiger partial charge in [-0.3, -0.25) is 4.79 Å². The van der Waals surface area contributed by atoms with E-state index in [-0.39, 0.29) is 17.6 Å². The van der Waals surface area contributed by atoms with E-state index in [2.05, 4.69) is 20.9 Å². The summed E-state index contributed by atoms with van der Waals surface area (Å²) in [5.74, 6) is 0.0292. The predicted octanol–water partition coefficient (Wildman–Crippen LogP) is 2.75. The third kappa shape index (κ3) is 2.09. The average Bonchev–Trinajstić information content (AvgIpc) is 2.84. The highest BCUT2D eigenvalue weighted by Gasteiger charge is 2.19. The zero-order valence-corrected chi connectivity index (χ0v) is 10.8. The molecule has 0 fully saturated rings. The Labute approximate surface area is 105 Å². The Kier molecular flexibility index (Phi) is 3.22. The van der Waals surface area contributed by atoms with Gasteiger partial charge in [0.15, 0.2) is 5.76 Å². The minimum atomic E-state index is -0.236. The van der Waals surface area contributed by atoms with Crippen LogP contribution in [0.1, 0.15) is 34.2 Å². The van der Waals surface area contributed by atoms with Crippen molar-refractivity contribution in [2.24, 2.45) is 5.73 Å². The molecule has 0 aromatic carbocycles.